The average Bonchev–Trinajstić information content (AvgIpc) is 3.29. The lowest BCUT2D eigenvalue weighted by Crippen LogP contribution is -2.37. The number of fused-ring (bicyclic) bond motifs is 1. The number of carbonyl (C=O) groups is 1. The standard InChI is InChI=1S/C24H24N8O2/c1-16-4-2-5-17(12-16)14-26-31-24-29-21-19(22(30-24)32-8-10-34-11-9-32)13-20(28-21)23(33)27-18-6-3-7-25-15-18/h2-7,12,14-15H,8-11,13H2,1H3,(H,27,33)(H,29,30,31)/b26-14+. The van der Waals surface area contributed by atoms with Crippen LogP contribution in [0.1, 0.15) is 16.7 Å². The molecule has 2 aliphatic heterocycles. The Morgan fingerprint density at radius 1 is 1.18 bits per heavy atom. The van der Waals surface area contributed by atoms with E-state index in [1.165, 1.54) is 0 Å². The third-order valence-electron chi connectivity index (χ3n) is 5.46. The molecule has 2 N–H and O–H groups in total. The second-order valence-corrected chi connectivity index (χ2v) is 7.99. The quantitative estimate of drug-likeness (QED) is 0.433. The topological polar surface area (TPSA) is 117 Å². The fourth-order valence-corrected chi connectivity index (χ4v) is 3.82. The molecule has 0 aliphatic carbocycles. The number of hydrogen-bond acceptors (Lipinski definition) is 9. The molecule has 1 aromatic carbocycles. The lowest BCUT2D eigenvalue weighted by molar-refractivity contribution is -0.110. The highest BCUT2D eigenvalue weighted by atomic mass is 16.5. The van der Waals surface area contributed by atoms with Crippen LogP contribution < -0.4 is 15.6 Å². The second kappa shape index (κ2) is 9.75. The first kappa shape index (κ1) is 21.7. The summed E-state index contributed by atoms with van der Waals surface area (Å²) < 4.78 is 5.50. The molecule has 0 atom stereocenters. The summed E-state index contributed by atoms with van der Waals surface area (Å²) in [7, 11) is 0. The second-order valence-electron chi connectivity index (χ2n) is 7.99. The molecule has 34 heavy (non-hydrogen) atoms. The van der Waals surface area contributed by atoms with E-state index in [1.807, 2.05) is 31.2 Å². The molecule has 1 amide bonds. The van der Waals surface area contributed by atoms with E-state index in [2.05, 4.69) is 35.7 Å². The van der Waals surface area contributed by atoms with Crippen molar-refractivity contribution in [2.75, 3.05) is 41.9 Å². The molecule has 172 valence electrons. The van der Waals surface area contributed by atoms with Crippen molar-refractivity contribution in [1.29, 1.82) is 0 Å². The number of rotatable bonds is 6. The first-order valence-corrected chi connectivity index (χ1v) is 11.0. The molecule has 0 bridgehead atoms. The highest BCUT2D eigenvalue weighted by Crippen LogP contribution is 2.34. The van der Waals surface area contributed by atoms with Crippen LogP contribution in [0.25, 0.3) is 0 Å². The minimum Gasteiger partial charge on any atom is -0.378 e. The number of hydrazone groups is 1. The minimum atomic E-state index is -0.286. The van der Waals surface area contributed by atoms with Crippen LogP contribution in [0.3, 0.4) is 0 Å². The Hall–Kier alpha value is -4.18. The average molecular weight is 457 g/mol. The Kier molecular flexibility index (Phi) is 6.21. The summed E-state index contributed by atoms with van der Waals surface area (Å²) in [6.07, 6.45) is 5.31. The molecular weight excluding hydrogens is 432 g/mol. The molecule has 0 saturated carbocycles. The molecule has 3 aromatic rings. The van der Waals surface area contributed by atoms with Gasteiger partial charge in [-0.1, -0.05) is 29.8 Å². The Balaban J connectivity index is 1.40. The van der Waals surface area contributed by atoms with Crippen LogP contribution in [-0.4, -0.2) is 59.1 Å². The SMILES string of the molecule is Cc1cccc(/C=N/Nc2nc3c(c(N4CCOCC4)n2)CC(C(=O)Nc2cccnc2)=N3)c1. The largest absolute Gasteiger partial charge is 0.378 e. The Morgan fingerprint density at radius 2 is 2.06 bits per heavy atom. The van der Waals surface area contributed by atoms with Crippen LogP contribution in [0.15, 0.2) is 58.9 Å². The van der Waals surface area contributed by atoms with Gasteiger partial charge >= 0.3 is 0 Å². The summed E-state index contributed by atoms with van der Waals surface area (Å²) in [6, 6.07) is 11.6. The highest BCUT2D eigenvalue weighted by molar-refractivity contribution is 6.44. The van der Waals surface area contributed by atoms with Crippen molar-refractivity contribution in [3.05, 3.63) is 65.5 Å². The zero-order chi connectivity index (χ0) is 23.3. The van der Waals surface area contributed by atoms with Crippen molar-refractivity contribution < 1.29 is 9.53 Å². The van der Waals surface area contributed by atoms with Gasteiger partial charge < -0.3 is 15.0 Å². The predicted octanol–water partition coefficient (Wildman–Crippen LogP) is 2.73. The van der Waals surface area contributed by atoms with Crippen LogP contribution in [0.5, 0.6) is 0 Å². The maximum atomic E-state index is 12.8. The number of pyridine rings is 1. The Labute approximate surface area is 196 Å². The highest BCUT2D eigenvalue weighted by Gasteiger charge is 2.29. The summed E-state index contributed by atoms with van der Waals surface area (Å²) >= 11 is 0. The first-order valence-electron chi connectivity index (χ1n) is 11.0. The van der Waals surface area contributed by atoms with E-state index in [0.29, 0.717) is 55.9 Å². The van der Waals surface area contributed by atoms with Crippen molar-refractivity contribution in [3.8, 4) is 0 Å². The van der Waals surface area contributed by atoms with E-state index in [4.69, 9.17) is 9.72 Å². The van der Waals surface area contributed by atoms with Crippen LogP contribution in [0.2, 0.25) is 0 Å². The summed E-state index contributed by atoms with van der Waals surface area (Å²) in [5.41, 5.74) is 6.85. The van der Waals surface area contributed by atoms with Gasteiger partial charge in [-0.05, 0) is 24.6 Å². The van der Waals surface area contributed by atoms with Crippen LogP contribution >= 0.6 is 0 Å². The van der Waals surface area contributed by atoms with Gasteiger partial charge in [0, 0.05) is 31.3 Å². The van der Waals surface area contributed by atoms with Gasteiger partial charge in [0.15, 0.2) is 5.82 Å². The number of hydrogen-bond donors (Lipinski definition) is 2. The van der Waals surface area contributed by atoms with Gasteiger partial charge in [0.1, 0.15) is 11.5 Å². The molecule has 4 heterocycles. The van der Waals surface area contributed by atoms with Gasteiger partial charge in [-0.3, -0.25) is 9.78 Å². The van der Waals surface area contributed by atoms with Crippen LogP contribution in [0, 0.1) is 6.92 Å². The van der Waals surface area contributed by atoms with E-state index < -0.39 is 0 Å². The van der Waals surface area contributed by atoms with Crippen LogP contribution in [0.4, 0.5) is 23.3 Å². The number of aryl methyl sites for hydroxylation is 1. The molecule has 1 saturated heterocycles. The number of nitrogens with one attached hydrogen (secondary N) is 2. The normalized spacial score (nSPS) is 15.2. The molecule has 0 radical (unpaired) electrons. The molecule has 2 aliphatic rings. The number of aromatic nitrogens is 3. The molecule has 5 rings (SSSR count). The van der Waals surface area contributed by atoms with E-state index >= 15 is 0 Å². The fraction of sp³-hybridized carbons (Fsp3) is 0.250. The molecule has 10 heteroatoms. The number of aliphatic imine (C=N–C) groups is 1. The number of ether oxygens (including phenoxy) is 1. The third-order valence-corrected chi connectivity index (χ3v) is 5.46. The summed E-state index contributed by atoms with van der Waals surface area (Å²) in [5.74, 6) is 1.25. The molecule has 0 spiro atoms. The van der Waals surface area contributed by atoms with Crippen molar-refractivity contribution in [1.82, 2.24) is 15.0 Å². The van der Waals surface area contributed by atoms with E-state index in [9.17, 15) is 4.79 Å². The molecule has 10 nitrogen and oxygen atoms in total. The van der Waals surface area contributed by atoms with Crippen molar-refractivity contribution >= 4 is 41.1 Å². The van der Waals surface area contributed by atoms with Gasteiger partial charge in [0.2, 0.25) is 5.95 Å². The van der Waals surface area contributed by atoms with Crippen LogP contribution in [-0.2, 0) is 16.0 Å². The lowest BCUT2D eigenvalue weighted by atomic mass is 10.1. The first-order chi connectivity index (χ1) is 16.7. The summed E-state index contributed by atoms with van der Waals surface area (Å²) in [6.45, 7) is 4.66. The summed E-state index contributed by atoms with van der Waals surface area (Å²) in [5, 5.41) is 7.13. The monoisotopic (exact) mass is 456 g/mol. The maximum absolute atomic E-state index is 12.8. The molecule has 2 aromatic heterocycles. The van der Waals surface area contributed by atoms with E-state index in [0.717, 1.165) is 22.5 Å². The van der Waals surface area contributed by atoms with Gasteiger partial charge in [0.05, 0.1) is 31.3 Å². The van der Waals surface area contributed by atoms with Crippen molar-refractivity contribution in [2.45, 2.75) is 13.3 Å². The minimum absolute atomic E-state index is 0.286. The van der Waals surface area contributed by atoms with E-state index in [1.54, 1.807) is 30.7 Å². The number of morpholine rings is 1. The van der Waals surface area contributed by atoms with Gasteiger partial charge in [-0.2, -0.15) is 15.1 Å². The zero-order valence-electron chi connectivity index (χ0n) is 18.7. The Morgan fingerprint density at radius 3 is 2.85 bits per heavy atom. The fourth-order valence-electron chi connectivity index (χ4n) is 3.82. The molecular formula is C24H24N8O2. The number of benzene rings is 1. The molecule has 0 unspecified atom stereocenters. The number of amides is 1. The van der Waals surface area contributed by atoms with E-state index in [-0.39, 0.29) is 5.91 Å². The van der Waals surface area contributed by atoms with Crippen molar-refractivity contribution in [3.63, 3.8) is 0 Å². The number of anilines is 3. The molecule has 1 fully saturated rings. The predicted molar refractivity (Wildman–Crippen MR) is 131 cm³/mol. The number of nitrogens with zero attached hydrogens (tertiary/aromatic N) is 6. The smallest absolute Gasteiger partial charge is 0.270 e. The van der Waals surface area contributed by atoms with Gasteiger partial charge in [0.25, 0.3) is 5.91 Å². The Bertz CT molecular complexity index is 1250. The zero-order valence-corrected chi connectivity index (χ0v) is 18.7. The van der Waals surface area contributed by atoms with Gasteiger partial charge in [-0.15, -0.1) is 0 Å². The van der Waals surface area contributed by atoms with Crippen molar-refractivity contribution in [2.24, 2.45) is 10.1 Å². The lowest BCUT2D eigenvalue weighted by Gasteiger charge is -2.29. The third kappa shape index (κ3) is 4.91. The number of carbonyl (C=O) groups excluding carboxylic acids is 1. The maximum Gasteiger partial charge on any atom is 0.270 e. The summed E-state index contributed by atoms with van der Waals surface area (Å²) in [4.78, 5) is 32.7. The van der Waals surface area contributed by atoms with Gasteiger partial charge in [-0.25, -0.2) is 10.4 Å².